The van der Waals surface area contributed by atoms with E-state index in [1.807, 2.05) is 0 Å². The van der Waals surface area contributed by atoms with Crippen molar-refractivity contribution >= 4 is 11.0 Å². The van der Waals surface area contributed by atoms with Crippen molar-refractivity contribution in [2.24, 2.45) is 0 Å². The van der Waals surface area contributed by atoms with E-state index in [4.69, 9.17) is 0 Å². The van der Waals surface area contributed by atoms with E-state index in [9.17, 15) is 0 Å². The summed E-state index contributed by atoms with van der Waals surface area (Å²) in [4.78, 5) is 9.68. The summed E-state index contributed by atoms with van der Waals surface area (Å²) in [6.07, 6.45) is 1.74. The number of nitrogens with one attached hydrogen (secondary N) is 2. The Morgan fingerprint density at radius 2 is 2.29 bits per heavy atom. The van der Waals surface area contributed by atoms with E-state index in [0.29, 0.717) is 0 Å². The lowest BCUT2D eigenvalue weighted by Crippen LogP contribution is -2.28. The molecule has 0 aliphatic carbocycles. The van der Waals surface area contributed by atoms with Crippen LogP contribution in [-0.4, -0.2) is 41.5 Å². The Balaban J connectivity index is 1.93. The first-order valence-corrected chi connectivity index (χ1v) is 6.11. The van der Waals surface area contributed by atoms with Crippen molar-refractivity contribution in [1.82, 2.24) is 20.2 Å². The van der Waals surface area contributed by atoms with Crippen molar-refractivity contribution in [3.8, 4) is 0 Å². The monoisotopic (exact) mass is 232 g/mol. The Labute approximate surface area is 102 Å². The molecule has 0 saturated heterocycles. The first-order valence-electron chi connectivity index (χ1n) is 6.11. The molecule has 0 atom stereocenters. The zero-order valence-electron chi connectivity index (χ0n) is 10.5. The third kappa shape index (κ3) is 3.28. The average Bonchev–Trinajstić information content (AvgIpc) is 2.76. The molecule has 4 nitrogen and oxygen atoms in total. The lowest BCUT2D eigenvalue weighted by atomic mass is 10.2. The van der Waals surface area contributed by atoms with Gasteiger partial charge in [0, 0.05) is 19.6 Å². The molecule has 17 heavy (non-hydrogen) atoms. The summed E-state index contributed by atoms with van der Waals surface area (Å²) in [7, 11) is 2.15. The molecule has 92 valence electrons. The molecule has 2 aromatic rings. The largest absolute Gasteiger partial charge is 0.345 e. The highest BCUT2D eigenvalue weighted by Crippen LogP contribution is 2.12. The highest BCUT2D eigenvalue weighted by Gasteiger charge is 2.02. The van der Waals surface area contributed by atoms with Crippen molar-refractivity contribution < 1.29 is 0 Å². The van der Waals surface area contributed by atoms with Crippen molar-refractivity contribution in [1.29, 1.82) is 0 Å². The van der Waals surface area contributed by atoms with Gasteiger partial charge in [0.2, 0.25) is 0 Å². The SMILES string of the molecule is CCNCCN(C)Cc1ccc2nc[nH]c2c1. The molecule has 0 bridgehead atoms. The average molecular weight is 232 g/mol. The number of imidazole rings is 1. The summed E-state index contributed by atoms with van der Waals surface area (Å²) in [5.74, 6) is 0. The van der Waals surface area contributed by atoms with Gasteiger partial charge in [0.1, 0.15) is 0 Å². The Bertz CT molecular complexity index is 463. The van der Waals surface area contributed by atoms with Gasteiger partial charge in [0.15, 0.2) is 0 Å². The van der Waals surface area contributed by atoms with Gasteiger partial charge in [0.25, 0.3) is 0 Å². The van der Waals surface area contributed by atoms with Gasteiger partial charge < -0.3 is 15.2 Å². The zero-order chi connectivity index (χ0) is 12.1. The number of rotatable bonds is 6. The Morgan fingerprint density at radius 1 is 1.41 bits per heavy atom. The first-order chi connectivity index (χ1) is 8.29. The van der Waals surface area contributed by atoms with Gasteiger partial charge in [-0.25, -0.2) is 4.98 Å². The highest BCUT2D eigenvalue weighted by atomic mass is 15.1. The summed E-state index contributed by atoms with van der Waals surface area (Å²) in [5, 5.41) is 3.33. The number of hydrogen-bond donors (Lipinski definition) is 2. The minimum Gasteiger partial charge on any atom is -0.345 e. The maximum atomic E-state index is 4.22. The van der Waals surface area contributed by atoms with Gasteiger partial charge in [-0.15, -0.1) is 0 Å². The third-order valence-electron chi connectivity index (χ3n) is 2.86. The van der Waals surface area contributed by atoms with E-state index in [-0.39, 0.29) is 0 Å². The number of benzene rings is 1. The highest BCUT2D eigenvalue weighted by molar-refractivity contribution is 5.74. The number of hydrogen-bond acceptors (Lipinski definition) is 3. The molecule has 4 heteroatoms. The standard InChI is InChI=1S/C13H20N4/c1-3-14-6-7-17(2)9-11-4-5-12-13(8-11)16-10-15-12/h4-5,8,10,14H,3,6-7,9H2,1-2H3,(H,15,16). The van der Waals surface area contributed by atoms with Crippen molar-refractivity contribution in [3.63, 3.8) is 0 Å². The maximum absolute atomic E-state index is 4.22. The minimum absolute atomic E-state index is 0.973. The van der Waals surface area contributed by atoms with Crippen molar-refractivity contribution in [3.05, 3.63) is 30.1 Å². The van der Waals surface area contributed by atoms with Crippen LogP contribution in [0.1, 0.15) is 12.5 Å². The Kier molecular flexibility index (Phi) is 4.12. The summed E-state index contributed by atoms with van der Waals surface area (Å²) in [6, 6.07) is 6.39. The van der Waals surface area contributed by atoms with Gasteiger partial charge >= 0.3 is 0 Å². The van der Waals surface area contributed by atoms with Crippen LogP contribution in [0.15, 0.2) is 24.5 Å². The quantitative estimate of drug-likeness (QED) is 0.744. The molecule has 1 aromatic carbocycles. The van der Waals surface area contributed by atoms with Gasteiger partial charge in [-0.3, -0.25) is 0 Å². The van der Waals surface area contributed by atoms with Crippen molar-refractivity contribution in [2.75, 3.05) is 26.7 Å². The molecule has 1 heterocycles. The van der Waals surface area contributed by atoms with E-state index in [0.717, 1.165) is 37.2 Å². The fourth-order valence-electron chi connectivity index (χ4n) is 1.92. The van der Waals surface area contributed by atoms with Crippen LogP contribution < -0.4 is 5.32 Å². The molecule has 2 rings (SSSR count). The van der Waals surface area contributed by atoms with E-state index in [2.05, 4.69) is 52.4 Å². The number of nitrogens with zero attached hydrogens (tertiary/aromatic N) is 2. The second kappa shape index (κ2) is 5.80. The lowest BCUT2D eigenvalue weighted by Gasteiger charge is -2.16. The predicted octanol–water partition coefficient (Wildman–Crippen LogP) is 1.60. The topological polar surface area (TPSA) is 44.0 Å². The zero-order valence-corrected chi connectivity index (χ0v) is 10.5. The Morgan fingerprint density at radius 3 is 3.12 bits per heavy atom. The van der Waals surface area contributed by atoms with Crippen LogP contribution in [0, 0.1) is 0 Å². The van der Waals surface area contributed by atoms with Crippen LogP contribution in [0.5, 0.6) is 0 Å². The molecule has 0 amide bonds. The second-order valence-electron chi connectivity index (χ2n) is 4.35. The molecule has 0 aliphatic heterocycles. The number of fused-ring (bicyclic) bond motifs is 1. The molecule has 0 fully saturated rings. The van der Waals surface area contributed by atoms with Crippen LogP contribution >= 0.6 is 0 Å². The van der Waals surface area contributed by atoms with Gasteiger partial charge in [-0.05, 0) is 31.3 Å². The molecule has 0 spiro atoms. The molecule has 1 aromatic heterocycles. The number of H-pyrrole nitrogens is 1. The van der Waals surface area contributed by atoms with E-state index < -0.39 is 0 Å². The van der Waals surface area contributed by atoms with Crippen LogP contribution in [0.2, 0.25) is 0 Å². The van der Waals surface area contributed by atoms with E-state index in [1.54, 1.807) is 6.33 Å². The van der Waals surface area contributed by atoms with E-state index in [1.165, 1.54) is 5.56 Å². The first kappa shape index (κ1) is 12.1. The summed E-state index contributed by atoms with van der Waals surface area (Å²) >= 11 is 0. The molecule has 0 aliphatic rings. The van der Waals surface area contributed by atoms with Gasteiger partial charge in [-0.1, -0.05) is 13.0 Å². The molecular formula is C13H20N4. The number of aromatic nitrogens is 2. The number of likely N-dealkylation sites (N-methyl/N-ethyl adjacent to an activating group) is 2. The summed E-state index contributed by atoms with van der Waals surface area (Å²) < 4.78 is 0. The van der Waals surface area contributed by atoms with Crippen LogP contribution in [-0.2, 0) is 6.54 Å². The molecule has 0 radical (unpaired) electrons. The van der Waals surface area contributed by atoms with Crippen LogP contribution in [0.3, 0.4) is 0 Å². The van der Waals surface area contributed by atoms with Crippen LogP contribution in [0.25, 0.3) is 11.0 Å². The van der Waals surface area contributed by atoms with Crippen LogP contribution in [0.4, 0.5) is 0 Å². The minimum atomic E-state index is 0.973. The fourth-order valence-corrected chi connectivity index (χ4v) is 1.92. The second-order valence-corrected chi connectivity index (χ2v) is 4.35. The number of aromatic amines is 1. The van der Waals surface area contributed by atoms with E-state index >= 15 is 0 Å². The summed E-state index contributed by atoms with van der Waals surface area (Å²) in [5.41, 5.74) is 3.47. The lowest BCUT2D eigenvalue weighted by molar-refractivity contribution is 0.326. The fraction of sp³-hybridized carbons (Fsp3) is 0.462. The maximum Gasteiger partial charge on any atom is 0.0931 e. The van der Waals surface area contributed by atoms with Crippen molar-refractivity contribution in [2.45, 2.75) is 13.5 Å². The Hall–Kier alpha value is -1.39. The third-order valence-corrected chi connectivity index (χ3v) is 2.86. The van der Waals surface area contributed by atoms with Gasteiger partial charge in [0.05, 0.1) is 17.4 Å². The molecular weight excluding hydrogens is 212 g/mol. The molecule has 2 N–H and O–H groups in total. The smallest absolute Gasteiger partial charge is 0.0931 e. The summed E-state index contributed by atoms with van der Waals surface area (Å²) in [6.45, 7) is 6.24. The van der Waals surface area contributed by atoms with Gasteiger partial charge in [-0.2, -0.15) is 0 Å². The molecule has 0 unspecified atom stereocenters. The molecule has 0 saturated carbocycles. The normalized spacial score (nSPS) is 11.5. The predicted molar refractivity (Wildman–Crippen MR) is 71.0 cm³/mol.